The quantitative estimate of drug-likeness (QED) is 0.909. The van der Waals surface area contributed by atoms with Gasteiger partial charge in [-0.25, -0.2) is 14.4 Å². The van der Waals surface area contributed by atoms with Gasteiger partial charge in [0.1, 0.15) is 12.1 Å². The molecular formula is C14H15BrFN3O. The lowest BCUT2D eigenvalue weighted by atomic mass is 10.0. The van der Waals surface area contributed by atoms with E-state index in [1.807, 2.05) is 6.92 Å². The van der Waals surface area contributed by atoms with Crippen molar-refractivity contribution in [3.8, 4) is 5.88 Å². The molecule has 2 rings (SSSR count). The highest BCUT2D eigenvalue weighted by molar-refractivity contribution is 9.10. The highest BCUT2D eigenvalue weighted by Gasteiger charge is 2.20. The van der Waals surface area contributed by atoms with E-state index in [1.165, 1.54) is 13.4 Å². The van der Waals surface area contributed by atoms with Crippen LogP contribution in [0.1, 0.15) is 24.2 Å². The molecule has 106 valence electrons. The molecule has 0 amide bonds. The van der Waals surface area contributed by atoms with Crippen molar-refractivity contribution in [2.24, 2.45) is 0 Å². The number of nitrogens with one attached hydrogen (secondary N) is 1. The molecular weight excluding hydrogens is 325 g/mol. The molecule has 0 fully saturated rings. The fourth-order valence-corrected chi connectivity index (χ4v) is 2.33. The van der Waals surface area contributed by atoms with Gasteiger partial charge in [0.2, 0.25) is 5.88 Å². The molecule has 0 saturated carbocycles. The third kappa shape index (κ3) is 3.13. The number of rotatable bonds is 5. The van der Waals surface area contributed by atoms with E-state index >= 15 is 0 Å². The van der Waals surface area contributed by atoms with Crippen LogP contribution in [0.2, 0.25) is 0 Å². The van der Waals surface area contributed by atoms with Crippen LogP contribution >= 0.6 is 15.9 Å². The molecule has 1 atom stereocenters. The summed E-state index contributed by atoms with van der Waals surface area (Å²) >= 11 is 3.21. The lowest BCUT2D eigenvalue weighted by Gasteiger charge is -2.19. The average Bonchev–Trinajstić information content (AvgIpc) is 2.48. The summed E-state index contributed by atoms with van der Waals surface area (Å²) in [7, 11) is 1.54. The summed E-state index contributed by atoms with van der Waals surface area (Å²) in [6.07, 6.45) is 1.41. The van der Waals surface area contributed by atoms with Crippen molar-refractivity contribution in [2.45, 2.75) is 13.0 Å². The Morgan fingerprint density at radius 2 is 2.20 bits per heavy atom. The zero-order valence-corrected chi connectivity index (χ0v) is 12.8. The van der Waals surface area contributed by atoms with E-state index in [1.54, 1.807) is 24.3 Å². The Morgan fingerprint density at radius 1 is 1.40 bits per heavy atom. The van der Waals surface area contributed by atoms with Crippen LogP contribution in [0.4, 0.5) is 4.39 Å². The van der Waals surface area contributed by atoms with Crippen molar-refractivity contribution in [2.75, 3.05) is 13.7 Å². The molecule has 0 aliphatic carbocycles. The van der Waals surface area contributed by atoms with Gasteiger partial charge >= 0.3 is 0 Å². The number of ether oxygens (including phenoxy) is 1. The summed E-state index contributed by atoms with van der Waals surface area (Å²) in [5.41, 5.74) is 1.19. The second kappa shape index (κ2) is 6.76. The SMILES string of the molecule is CCNC(c1cc(OC)ncn1)c1cccc(Br)c1F. The van der Waals surface area contributed by atoms with Crippen LogP contribution in [0.3, 0.4) is 0 Å². The lowest BCUT2D eigenvalue weighted by Crippen LogP contribution is -2.24. The second-order valence-corrected chi connectivity index (χ2v) is 4.97. The van der Waals surface area contributed by atoms with Crippen LogP contribution in [0.15, 0.2) is 35.1 Å². The van der Waals surface area contributed by atoms with Crippen LogP contribution in [0.5, 0.6) is 5.88 Å². The van der Waals surface area contributed by atoms with Gasteiger partial charge in [-0.3, -0.25) is 0 Å². The van der Waals surface area contributed by atoms with Gasteiger partial charge < -0.3 is 10.1 Å². The van der Waals surface area contributed by atoms with Gasteiger partial charge in [0.25, 0.3) is 0 Å². The van der Waals surface area contributed by atoms with Gasteiger partial charge in [-0.2, -0.15) is 0 Å². The monoisotopic (exact) mass is 339 g/mol. The van der Waals surface area contributed by atoms with Crippen LogP contribution in [0.25, 0.3) is 0 Å². The van der Waals surface area contributed by atoms with E-state index in [0.29, 0.717) is 28.2 Å². The lowest BCUT2D eigenvalue weighted by molar-refractivity contribution is 0.394. The first-order valence-electron chi connectivity index (χ1n) is 6.20. The molecule has 0 bridgehead atoms. The minimum absolute atomic E-state index is 0.295. The summed E-state index contributed by atoms with van der Waals surface area (Å²) in [6, 6.07) is 6.55. The van der Waals surface area contributed by atoms with Crippen LogP contribution in [-0.4, -0.2) is 23.6 Å². The normalized spacial score (nSPS) is 12.2. The maximum absolute atomic E-state index is 14.3. The minimum atomic E-state index is -0.352. The first-order chi connectivity index (χ1) is 9.67. The number of nitrogens with zero attached hydrogens (tertiary/aromatic N) is 2. The molecule has 20 heavy (non-hydrogen) atoms. The molecule has 1 heterocycles. The summed E-state index contributed by atoms with van der Waals surface area (Å²) in [4.78, 5) is 8.19. The van der Waals surface area contributed by atoms with Gasteiger partial charge in [-0.15, -0.1) is 0 Å². The first kappa shape index (κ1) is 14.9. The smallest absolute Gasteiger partial charge is 0.216 e. The summed E-state index contributed by atoms with van der Waals surface area (Å²) < 4.78 is 19.8. The average molecular weight is 340 g/mol. The standard InChI is InChI=1S/C14H15BrFN3O/c1-3-17-14(9-5-4-6-10(15)13(9)16)11-7-12(20-2)19-8-18-11/h4-8,14,17H,3H2,1-2H3. The molecule has 4 nitrogen and oxygen atoms in total. The number of methoxy groups -OCH3 is 1. The predicted octanol–water partition coefficient (Wildman–Crippen LogP) is 3.09. The van der Waals surface area contributed by atoms with Crippen molar-refractivity contribution in [3.63, 3.8) is 0 Å². The van der Waals surface area contributed by atoms with Crippen LogP contribution in [0, 0.1) is 5.82 Å². The van der Waals surface area contributed by atoms with E-state index in [0.717, 1.165) is 0 Å². The number of hydrogen-bond donors (Lipinski definition) is 1. The van der Waals surface area contributed by atoms with E-state index in [2.05, 4.69) is 31.2 Å². The van der Waals surface area contributed by atoms with E-state index < -0.39 is 0 Å². The van der Waals surface area contributed by atoms with Crippen LogP contribution in [-0.2, 0) is 0 Å². The first-order valence-corrected chi connectivity index (χ1v) is 6.99. The fourth-order valence-electron chi connectivity index (χ4n) is 1.94. The Bertz CT molecular complexity index is 594. The molecule has 0 aliphatic rings. The molecule has 0 aliphatic heterocycles. The molecule has 0 radical (unpaired) electrons. The Kier molecular flexibility index (Phi) is 5.03. The fraction of sp³-hybridized carbons (Fsp3) is 0.286. The van der Waals surface area contributed by atoms with Crippen molar-refractivity contribution in [1.29, 1.82) is 0 Å². The van der Waals surface area contributed by atoms with Crippen molar-refractivity contribution in [1.82, 2.24) is 15.3 Å². The van der Waals surface area contributed by atoms with Gasteiger partial charge in [0.05, 0.1) is 23.3 Å². The van der Waals surface area contributed by atoms with Crippen LogP contribution < -0.4 is 10.1 Å². The number of aromatic nitrogens is 2. The largest absolute Gasteiger partial charge is 0.481 e. The van der Waals surface area contributed by atoms with E-state index in [9.17, 15) is 4.39 Å². The van der Waals surface area contributed by atoms with Crippen molar-refractivity contribution >= 4 is 15.9 Å². The summed E-state index contributed by atoms with van der Waals surface area (Å²) in [5, 5.41) is 3.23. The maximum atomic E-state index is 14.3. The van der Waals surface area contributed by atoms with Gasteiger partial charge in [0, 0.05) is 11.6 Å². The molecule has 6 heteroatoms. The zero-order valence-electron chi connectivity index (χ0n) is 11.2. The minimum Gasteiger partial charge on any atom is -0.481 e. The predicted molar refractivity (Wildman–Crippen MR) is 78.2 cm³/mol. The number of halogens is 2. The molecule has 1 aromatic carbocycles. The summed E-state index contributed by atoms with van der Waals surface area (Å²) in [6.45, 7) is 2.64. The Morgan fingerprint density at radius 3 is 2.90 bits per heavy atom. The Hall–Kier alpha value is -1.53. The Balaban J connectivity index is 2.47. The third-order valence-corrected chi connectivity index (χ3v) is 3.48. The highest BCUT2D eigenvalue weighted by atomic mass is 79.9. The summed E-state index contributed by atoms with van der Waals surface area (Å²) in [5.74, 6) is 0.157. The van der Waals surface area contributed by atoms with E-state index in [4.69, 9.17) is 4.74 Å². The molecule has 1 aromatic heterocycles. The van der Waals surface area contributed by atoms with Crippen molar-refractivity contribution in [3.05, 3.63) is 52.1 Å². The Labute approximate surface area is 125 Å². The van der Waals surface area contributed by atoms with Gasteiger partial charge in [0.15, 0.2) is 0 Å². The van der Waals surface area contributed by atoms with E-state index in [-0.39, 0.29) is 11.9 Å². The topological polar surface area (TPSA) is 47.0 Å². The highest BCUT2D eigenvalue weighted by Crippen LogP contribution is 2.28. The molecule has 1 unspecified atom stereocenters. The molecule has 1 N–H and O–H groups in total. The third-order valence-electron chi connectivity index (χ3n) is 2.87. The number of benzene rings is 1. The second-order valence-electron chi connectivity index (χ2n) is 4.12. The molecule has 2 aromatic rings. The zero-order chi connectivity index (χ0) is 14.5. The molecule has 0 spiro atoms. The van der Waals surface area contributed by atoms with Gasteiger partial charge in [-0.1, -0.05) is 19.1 Å². The van der Waals surface area contributed by atoms with Gasteiger partial charge in [-0.05, 0) is 28.5 Å². The number of hydrogen-bond acceptors (Lipinski definition) is 4. The van der Waals surface area contributed by atoms with Crippen molar-refractivity contribution < 1.29 is 9.13 Å². The molecule has 0 saturated heterocycles. The maximum Gasteiger partial charge on any atom is 0.216 e.